The monoisotopic (exact) mass is 636 g/mol. The minimum absolute atomic E-state index is 1.16. The van der Waals surface area contributed by atoms with Crippen molar-refractivity contribution < 1.29 is 0 Å². The number of aromatic nitrogens is 2. The van der Waals surface area contributed by atoms with E-state index in [0.29, 0.717) is 0 Å². The summed E-state index contributed by atoms with van der Waals surface area (Å²) in [7, 11) is 0. The molecular weight excluding hydrogens is 605 g/mol. The van der Waals surface area contributed by atoms with Gasteiger partial charge in [-0.05, 0) is 94.0 Å². The van der Waals surface area contributed by atoms with E-state index in [-0.39, 0.29) is 0 Å². The fourth-order valence-electron chi connectivity index (χ4n) is 7.73. The first kappa shape index (κ1) is 28.4. The van der Waals surface area contributed by atoms with Crippen LogP contribution in [0.1, 0.15) is 0 Å². The predicted octanol–water partition coefficient (Wildman–Crippen LogP) is 12.9. The topological polar surface area (TPSA) is 9.86 Å². The number of para-hydroxylation sites is 3. The van der Waals surface area contributed by atoms with Crippen LogP contribution in [0, 0.1) is 0 Å². The molecule has 0 saturated carbocycles. The van der Waals surface area contributed by atoms with Crippen molar-refractivity contribution in [3.63, 3.8) is 0 Å². The van der Waals surface area contributed by atoms with E-state index in [1.807, 2.05) is 0 Å². The van der Waals surface area contributed by atoms with Crippen LogP contribution in [0.3, 0.4) is 0 Å². The molecule has 50 heavy (non-hydrogen) atoms. The number of hydrogen-bond acceptors (Lipinski definition) is 0. The summed E-state index contributed by atoms with van der Waals surface area (Å²) in [4.78, 5) is 0. The number of benzene rings is 8. The van der Waals surface area contributed by atoms with Crippen molar-refractivity contribution in [3.8, 4) is 44.8 Å². The Balaban J connectivity index is 1.13. The highest BCUT2D eigenvalue weighted by atomic mass is 15.0. The molecule has 0 saturated heterocycles. The second-order valence-corrected chi connectivity index (χ2v) is 13.0. The lowest BCUT2D eigenvalue weighted by Crippen LogP contribution is -1.93. The first-order valence-corrected chi connectivity index (χ1v) is 17.2. The first-order chi connectivity index (χ1) is 24.8. The lowest BCUT2D eigenvalue weighted by atomic mass is 9.98. The zero-order chi connectivity index (χ0) is 33.0. The lowest BCUT2D eigenvalue weighted by molar-refractivity contribution is 1.18. The summed E-state index contributed by atoms with van der Waals surface area (Å²) >= 11 is 0. The molecule has 0 amide bonds. The molecule has 0 N–H and O–H groups in total. The maximum atomic E-state index is 2.41. The Hall–Kier alpha value is -6.64. The maximum Gasteiger partial charge on any atom is 0.0547 e. The van der Waals surface area contributed by atoms with E-state index in [2.05, 4.69) is 203 Å². The van der Waals surface area contributed by atoms with Gasteiger partial charge in [0.2, 0.25) is 0 Å². The molecule has 0 bridgehead atoms. The van der Waals surface area contributed by atoms with Crippen molar-refractivity contribution >= 4 is 43.6 Å². The molecule has 2 nitrogen and oxygen atoms in total. The number of fused-ring (bicyclic) bond motifs is 6. The molecular formula is C48H32N2. The molecule has 0 atom stereocenters. The molecule has 2 heteroatoms. The Bertz CT molecular complexity index is 2820. The van der Waals surface area contributed by atoms with E-state index < -0.39 is 0 Å². The van der Waals surface area contributed by atoms with Gasteiger partial charge in [0.05, 0.1) is 22.1 Å². The van der Waals surface area contributed by atoms with E-state index in [4.69, 9.17) is 0 Å². The van der Waals surface area contributed by atoms with Crippen molar-refractivity contribution in [1.29, 1.82) is 0 Å². The van der Waals surface area contributed by atoms with Crippen LogP contribution >= 0.6 is 0 Å². The van der Waals surface area contributed by atoms with Gasteiger partial charge in [0, 0.05) is 32.9 Å². The highest BCUT2D eigenvalue weighted by molar-refractivity contribution is 6.13. The Labute approximate surface area is 290 Å². The second kappa shape index (κ2) is 11.5. The Morgan fingerprint density at radius 3 is 1.20 bits per heavy atom. The van der Waals surface area contributed by atoms with Crippen LogP contribution in [0.25, 0.3) is 88.4 Å². The van der Waals surface area contributed by atoms with E-state index in [0.717, 1.165) is 5.69 Å². The summed E-state index contributed by atoms with van der Waals surface area (Å²) in [6.45, 7) is 0. The molecule has 10 rings (SSSR count). The van der Waals surface area contributed by atoms with Gasteiger partial charge >= 0.3 is 0 Å². The van der Waals surface area contributed by atoms with Crippen molar-refractivity contribution in [2.24, 2.45) is 0 Å². The summed E-state index contributed by atoms with van der Waals surface area (Å²) in [5.74, 6) is 0. The lowest BCUT2D eigenvalue weighted by Gasteiger charge is -2.10. The highest BCUT2D eigenvalue weighted by Gasteiger charge is 2.17. The molecule has 10 aromatic rings. The Morgan fingerprint density at radius 1 is 0.220 bits per heavy atom. The maximum absolute atomic E-state index is 2.41. The fourth-order valence-corrected chi connectivity index (χ4v) is 7.73. The molecule has 2 heterocycles. The van der Waals surface area contributed by atoms with Crippen LogP contribution in [0.15, 0.2) is 194 Å². The summed E-state index contributed by atoms with van der Waals surface area (Å²) in [6, 6.07) is 70.4. The standard InChI is InChI=1S/C48H32N2/c1-4-12-33(13-5-1)34-20-22-35(23-21-34)38-24-27-42-44-31-37(26-29-47(44)50(48(42)32-38)40-16-8-3-9-17-40)36-25-28-46-43(30-36)41-18-10-11-19-45(41)49(46)39-14-6-2-7-15-39/h1-32H. The van der Waals surface area contributed by atoms with E-state index in [9.17, 15) is 0 Å². The third-order valence-corrected chi connectivity index (χ3v) is 10.1. The molecule has 0 fully saturated rings. The molecule has 234 valence electrons. The molecule has 0 unspecified atom stereocenters. The van der Waals surface area contributed by atoms with Crippen LogP contribution in [0.4, 0.5) is 0 Å². The van der Waals surface area contributed by atoms with Gasteiger partial charge in [-0.1, -0.05) is 133 Å². The second-order valence-electron chi connectivity index (χ2n) is 13.0. The van der Waals surface area contributed by atoms with E-state index in [1.165, 1.54) is 82.7 Å². The smallest absolute Gasteiger partial charge is 0.0547 e. The third-order valence-electron chi connectivity index (χ3n) is 10.1. The average Bonchev–Trinajstić information content (AvgIpc) is 3.70. The summed E-state index contributed by atoms with van der Waals surface area (Å²) in [5, 5.41) is 5.02. The van der Waals surface area contributed by atoms with Crippen LogP contribution < -0.4 is 0 Å². The summed E-state index contributed by atoms with van der Waals surface area (Å²) < 4.78 is 4.78. The molecule has 0 aliphatic carbocycles. The Morgan fingerprint density at radius 2 is 0.600 bits per heavy atom. The van der Waals surface area contributed by atoms with Gasteiger partial charge in [-0.3, -0.25) is 0 Å². The zero-order valence-electron chi connectivity index (χ0n) is 27.4. The molecule has 0 aliphatic heterocycles. The molecule has 0 aliphatic rings. The van der Waals surface area contributed by atoms with E-state index >= 15 is 0 Å². The molecule has 8 aromatic carbocycles. The molecule has 2 aromatic heterocycles. The first-order valence-electron chi connectivity index (χ1n) is 17.2. The minimum Gasteiger partial charge on any atom is -0.309 e. The number of hydrogen-bond donors (Lipinski definition) is 0. The number of rotatable bonds is 5. The molecule has 0 spiro atoms. The van der Waals surface area contributed by atoms with Crippen molar-refractivity contribution in [1.82, 2.24) is 9.13 Å². The summed E-state index contributed by atoms with van der Waals surface area (Å²) in [5.41, 5.74) is 14.5. The highest BCUT2D eigenvalue weighted by Crippen LogP contribution is 2.39. The average molecular weight is 637 g/mol. The van der Waals surface area contributed by atoms with Crippen molar-refractivity contribution in [2.75, 3.05) is 0 Å². The zero-order valence-corrected chi connectivity index (χ0v) is 27.4. The van der Waals surface area contributed by atoms with E-state index in [1.54, 1.807) is 0 Å². The minimum atomic E-state index is 1.16. The summed E-state index contributed by atoms with van der Waals surface area (Å²) in [6.07, 6.45) is 0. The quantitative estimate of drug-likeness (QED) is 0.178. The Kier molecular flexibility index (Phi) is 6.53. The third kappa shape index (κ3) is 4.57. The fraction of sp³-hybridized carbons (Fsp3) is 0. The van der Waals surface area contributed by atoms with Crippen LogP contribution in [-0.2, 0) is 0 Å². The van der Waals surface area contributed by atoms with Gasteiger partial charge < -0.3 is 9.13 Å². The van der Waals surface area contributed by atoms with Gasteiger partial charge in [0.25, 0.3) is 0 Å². The van der Waals surface area contributed by atoms with Gasteiger partial charge in [-0.25, -0.2) is 0 Å². The predicted molar refractivity (Wildman–Crippen MR) is 211 cm³/mol. The normalized spacial score (nSPS) is 11.6. The van der Waals surface area contributed by atoms with Crippen LogP contribution in [0.2, 0.25) is 0 Å². The van der Waals surface area contributed by atoms with Gasteiger partial charge in [0.15, 0.2) is 0 Å². The van der Waals surface area contributed by atoms with Gasteiger partial charge in [-0.2, -0.15) is 0 Å². The molecule has 0 radical (unpaired) electrons. The van der Waals surface area contributed by atoms with Crippen LogP contribution in [-0.4, -0.2) is 9.13 Å². The van der Waals surface area contributed by atoms with Crippen molar-refractivity contribution in [2.45, 2.75) is 0 Å². The largest absolute Gasteiger partial charge is 0.309 e. The van der Waals surface area contributed by atoms with Gasteiger partial charge in [-0.15, -0.1) is 0 Å². The van der Waals surface area contributed by atoms with Gasteiger partial charge in [0.1, 0.15) is 0 Å². The van der Waals surface area contributed by atoms with Crippen LogP contribution in [0.5, 0.6) is 0 Å². The number of nitrogens with zero attached hydrogens (tertiary/aromatic N) is 2. The SMILES string of the molecule is c1ccc(-c2ccc(-c3ccc4c5cc(-c6ccc7c(c6)c6ccccc6n7-c6ccccc6)ccc5n(-c5ccccc5)c4c3)cc2)cc1. The van der Waals surface area contributed by atoms with Crippen molar-refractivity contribution in [3.05, 3.63) is 194 Å².